The molecule has 0 aliphatic rings. The number of nitrogens with zero attached hydrogens (tertiary/aromatic N) is 3. The smallest absolute Gasteiger partial charge is 0.145 e. The average Bonchev–Trinajstić information content (AvgIpc) is 3.46. The van der Waals surface area contributed by atoms with Crippen molar-refractivity contribution in [2.75, 3.05) is 7.11 Å². The molecule has 6 aromatic carbocycles. The van der Waals surface area contributed by atoms with Gasteiger partial charge >= 0.3 is 0 Å². The summed E-state index contributed by atoms with van der Waals surface area (Å²) < 4.78 is 7.76. The van der Waals surface area contributed by atoms with Crippen molar-refractivity contribution < 1.29 is 4.74 Å². The fourth-order valence-corrected chi connectivity index (χ4v) is 6.03. The molecule has 0 bridgehead atoms. The second kappa shape index (κ2) is 9.32. The number of benzene rings is 6. The molecule has 8 aromatic rings. The number of imidazole rings is 1. The third kappa shape index (κ3) is 3.69. The van der Waals surface area contributed by atoms with Crippen molar-refractivity contribution in [3.05, 3.63) is 134 Å². The molecule has 0 saturated heterocycles. The van der Waals surface area contributed by atoms with Crippen LogP contribution in [0.3, 0.4) is 0 Å². The Balaban J connectivity index is 1.41. The number of rotatable bonds is 4. The summed E-state index contributed by atoms with van der Waals surface area (Å²) in [6.45, 7) is 0. The molecular formula is C37H25N3O. The summed E-state index contributed by atoms with van der Waals surface area (Å²) in [6, 6.07) is 42.5. The Hall–Kier alpha value is -5.48. The zero-order valence-corrected chi connectivity index (χ0v) is 22.5. The number of ether oxygens (including phenoxy) is 1. The molecule has 0 amide bonds. The van der Waals surface area contributed by atoms with Gasteiger partial charge in [-0.3, -0.25) is 9.55 Å². The highest BCUT2D eigenvalue weighted by molar-refractivity contribution is 6.24. The van der Waals surface area contributed by atoms with Crippen LogP contribution >= 0.6 is 0 Å². The van der Waals surface area contributed by atoms with Crippen molar-refractivity contribution in [3.63, 3.8) is 0 Å². The predicted octanol–water partition coefficient (Wildman–Crippen LogP) is 9.22. The summed E-state index contributed by atoms with van der Waals surface area (Å²) in [5, 5.41) is 7.08. The van der Waals surface area contributed by atoms with Crippen molar-refractivity contribution in [1.82, 2.24) is 14.5 Å². The van der Waals surface area contributed by atoms with Crippen molar-refractivity contribution in [1.29, 1.82) is 0 Å². The van der Waals surface area contributed by atoms with Crippen LogP contribution in [0.5, 0.6) is 5.75 Å². The first-order chi connectivity index (χ1) is 20.3. The maximum Gasteiger partial charge on any atom is 0.145 e. The zero-order valence-electron chi connectivity index (χ0n) is 22.5. The third-order valence-electron chi connectivity index (χ3n) is 7.98. The molecule has 194 valence electrons. The van der Waals surface area contributed by atoms with Crippen LogP contribution in [0.25, 0.3) is 71.6 Å². The minimum atomic E-state index is 0.822. The second-order valence-electron chi connectivity index (χ2n) is 10.2. The molecule has 0 saturated carbocycles. The van der Waals surface area contributed by atoms with E-state index in [9.17, 15) is 0 Å². The maximum absolute atomic E-state index is 5.47. The standard InChI is InChI=1S/C37H25N3O/c1-41-28-20-18-27(19-21-28)40-36-33-13-7-5-11-31(33)30-10-4-6-12-32(30)35(36)39-37(40)25-16-14-24(15-17-25)34-23-38-22-26-8-2-3-9-29(26)34/h2-23H,1H3. The zero-order chi connectivity index (χ0) is 27.3. The largest absolute Gasteiger partial charge is 0.497 e. The Bertz CT molecular complexity index is 2220. The van der Waals surface area contributed by atoms with Crippen molar-refractivity contribution in [2.24, 2.45) is 0 Å². The van der Waals surface area contributed by atoms with Gasteiger partial charge in [-0.1, -0.05) is 97.1 Å². The van der Waals surface area contributed by atoms with Gasteiger partial charge in [-0.2, -0.15) is 0 Å². The van der Waals surface area contributed by atoms with Gasteiger partial charge in [0.2, 0.25) is 0 Å². The fraction of sp³-hybridized carbons (Fsp3) is 0.0270. The van der Waals surface area contributed by atoms with Crippen molar-refractivity contribution in [3.8, 4) is 34.0 Å². The summed E-state index contributed by atoms with van der Waals surface area (Å²) in [4.78, 5) is 9.85. The van der Waals surface area contributed by atoms with Gasteiger partial charge in [0, 0.05) is 45.4 Å². The number of pyridine rings is 1. The molecule has 41 heavy (non-hydrogen) atoms. The highest BCUT2D eigenvalue weighted by atomic mass is 16.5. The second-order valence-corrected chi connectivity index (χ2v) is 10.2. The van der Waals surface area contributed by atoms with Gasteiger partial charge in [0.1, 0.15) is 11.6 Å². The number of aromatic nitrogens is 3. The Morgan fingerprint density at radius 2 is 1.17 bits per heavy atom. The molecule has 0 aliphatic carbocycles. The van der Waals surface area contributed by atoms with Crippen LogP contribution < -0.4 is 4.74 Å². The van der Waals surface area contributed by atoms with Gasteiger partial charge in [-0.15, -0.1) is 0 Å². The van der Waals surface area contributed by atoms with Gasteiger partial charge in [-0.25, -0.2) is 4.98 Å². The van der Waals surface area contributed by atoms with Crippen LogP contribution in [0.2, 0.25) is 0 Å². The maximum atomic E-state index is 5.47. The van der Waals surface area contributed by atoms with Crippen molar-refractivity contribution in [2.45, 2.75) is 0 Å². The van der Waals surface area contributed by atoms with Crippen LogP contribution in [0, 0.1) is 0 Å². The Morgan fingerprint density at radius 1 is 0.561 bits per heavy atom. The molecule has 2 aromatic heterocycles. The lowest BCUT2D eigenvalue weighted by atomic mass is 9.99. The highest BCUT2D eigenvalue weighted by Crippen LogP contribution is 2.39. The summed E-state index contributed by atoms with van der Waals surface area (Å²) in [7, 11) is 1.69. The molecule has 0 N–H and O–H groups in total. The van der Waals surface area contributed by atoms with E-state index in [1.54, 1.807) is 7.11 Å². The van der Waals surface area contributed by atoms with Crippen LogP contribution in [-0.4, -0.2) is 21.6 Å². The predicted molar refractivity (Wildman–Crippen MR) is 169 cm³/mol. The Labute approximate surface area is 237 Å². The number of hydrogen-bond donors (Lipinski definition) is 0. The van der Waals surface area contributed by atoms with E-state index in [1.807, 2.05) is 30.6 Å². The Kier molecular flexibility index (Phi) is 5.32. The van der Waals surface area contributed by atoms with E-state index in [1.165, 1.54) is 21.5 Å². The number of hydrogen-bond acceptors (Lipinski definition) is 3. The van der Waals surface area contributed by atoms with Gasteiger partial charge < -0.3 is 4.74 Å². The first kappa shape index (κ1) is 23.4. The van der Waals surface area contributed by atoms with Gasteiger partial charge in [0.15, 0.2) is 0 Å². The van der Waals surface area contributed by atoms with Crippen LogP contribution in [0.4, 0.5) is 0 Å². The minimum absolute atomic E-state index is 0.822. The van der Waals surface area contributed by atoms with Crippen LogP contribution in [-0.2, 0) is 0 Å². The van der Waals surface area contributed by atoms with E-state index in [4.69, 9.17) is 9.72 Å². The van der Waals surface area contributed by atoms with E-state index >= 15 is 0 Å². The summed E-state index contributed by atoms with van der Waals surface area (Å²) in [5.74, 6) is 1.72. The lowest BCUT2D eigenvalue weighted by molar-refractivity contribution is 0.415. The monoisotopic (exact) mass is 527 g/mol. The quantitative estimate of drug-likeness (QED) is 0.214. The molecule has 8 rings (SSSR count). The van der Waals surface area contributed by atoms with E-state index in [0.29, 0.717) is 0 Å². The average molecular weight is 528 g/mol. The summed E-state index contributed by atoms with van der Waals surface area (Å²) in [5.41, 5.74) is 6.42. The molecule has 0 spiro atoms. The Morgan fingerprint density at radius 3 is 1.90 bits per heavy atom. The SMILES string of the molecule is COc1ccc(-n2c(-c3ccc(-c4cncc5ccccc45)cc3)nc3c4ccccc4c4ccccc4c32)cc1. The van der Waals surface area contributed by atoms with Crippen molar-refractivity contribution >= 4 is 43.4 Å². The first-order valence-corrected chi connectivity index (χ1v) is 13.7. The summed E-state index contributed by atoms with van der Waals surface area (Å²) in [6.07, 6.45) is 3.86. The number of methoxy groups -OCH3 is 1. The molecule has 0 unspecified atom stereocenters. The van der Waals surface area contributed by atoms with Gasteiger partial charge in [-0.05, 0) is 46.0 Å². The number of fused-ring (bicyclic) bond motifs is 7. The van der Waals surface area contributed by atoms with Gasteiger partial charge in [0.25, 0.3) is 0 Å². The lowest BCUT2D eigenvalue weighted by Gasteiger charge is -2.13. The van der Waals surface area contributed by atoms with E-state index < -0.39 is 0 Å². The van der Waals surface area contributed by atoms with E-state index in [-0.39, 0.29) is 0 Å². The molecular weight excluding hydrogens is 502 g/mol. The normalized spacial score (nSPS) is 11.5. The fourth-order valence-electron chi connectivity index (χ4n) is 6.03. The molecule has 0 atom stereocenters. The lowest BCUT2D eigenvalue weighted by Crippen LogP contribution is -1.98. The van der Waals surface area contributed by atoms with Gasteiger partial charge in [0.05, 0.1) is 18.1 Å². The molecule has 0 radical (unpaired) electrons. The van der Waals surface area contributed by atoms with Crippen LogP contribution in [0.15, 0.2) is 134 Å². The van der Waals surface area contributed by atoms with E-state index in [2.05, 4.69) is 113 Å². The summed E-state index contributed by atoms with van der Waals surface area (Å²) >= 11 is 0. The first-order valence-electron chi connectivity index (χ1n) is 13.7. The molecule has 2 heterocycles. The topological polar surface area (TPSA) is 39.9 Å². The highest BCUT2D eigenvalue weighted by Gasteiger charge is 2.20. The molecule has 4 heteroatoms. The molecule has 0 aliphatic heterocycles. The molecule has 0 fully saturated rings. The van der Waals surface area contributed by atoms with Crippen LogP contribution in [0.1, 0.15) is 0 Å². The molecule has 4 nitrogen and oxygen atoms in total. The van der Waals surface area contributed by atoms with E-state index in [0.717, 1.165) is 55.8 Å². The minimum Gasteiger partial charge on any atom is -0.497 e. The third-order valence-corrected chi connectivity index (χ3v) is 7.98.